The van der Waals surface area contributed by atoms with Crippen molar-refractivity contribution in [1.82, 2.24) is 15.2 Å². The first kappa shape index (κ1) is 20.0. The fourth-order valence-electron chi connectivity index (χ4n) is 3.49. The molecule has 0 amide bonds. The number of halogens is 3. The number of nitrogens with zero attached hydrogens (tertiary/aromatic N) is 3. The van der Waals surface area contributed by atoms with Crippen molar-refractivity contribution in [3.63, 3.8) is 0 Å². The van der Waals surface area contributed by atoms with Crippen molar-refractivity contribution in [2.75, 3.05) is 26.7 Å². The molecule has 0 aromatic carbocycles. The molecule has 0 aliphatic carbocycles. The number of aromatic nitrogens is 1. The Kier molecular flexibility index (Phi) is 7.10. The zero-order valence-electron chi connectivity index (χ0n) is 15.1. The largest absolute Gasteiger partial charge is 0.434 e. The molecule has 0 radical (unpaired) electrons. The van der Waals surface area contributed by atoms with Crippen molar-refractivity contribution >= 4 is 17.3 Å². The maximum atomic E-state index is 12.6. The highest BCUT2D eigenvalue weighted by Crippen LogP contribution is 2.30. The molecular formula is C17H27F3N4S. The van der Waals surface area contributed by atoms with Crippen LogP contribution < -0.4 is 5.32 Å². The van der Waals surface area contributed by atoms with Gasteiger partial charge in [0.25, 0.3) is 0 Å². The summed E-state index contributed by atoms with van der Waals surface area (Å²) in [5.41, 5.74) is -0.801. The van der Waals surface area contributed by atoms with Crippen molar-refractivity contribution in [1.29, 1.82) is 0 Å². The van der Waals surface area contributed by atoms with Crippen LogP contribution in [0, 0.1) is 11.8 Å². The van der Waals surface area contributed by atoms with Crippen LogP contribution in [0.15, 0.2) is 10.4 Å². The Morgan fingerprint density at radius 2 is 2.16 bits per heavy atom. The van der Waals surface area contributed by atoms with Crippen LogP contribution in [0.5, 0.6) is 0 Å². The Morgan fingerprint density at radius 3 is 2.72 bits per heavy atom. The van der Waals surface area contributed by atoms with E-state index in [0.717, 1.165) is 41.7 Å². The van der Waals surface area contributed by atoms with Gasteiger partial charge < -0.3 is 10.2 Å². The molecule has 1 aromatic heterocycles. The topological polar surface area (TPSA) is 40.5 Å². The van der Waals surface area contributed by atoms with E-state index in [1.54, 1.807) is 7.05 Å². The van der Waals surface area contributed by atoms with Gasteiger partial charge in [-0.05, 0) is 18.3 Å². The maximum Gasteiger partial charge on any atom is 0.434 e. The summed E-state index contributed by atoms with van der Waals surface area (Å²) in [6.07, 6.45) is -0.324. The molecule has 1 atom stereocenters. The lowest BCUT2D eigenvalue weighted by Gasteiger charge is -2.24. The van der Waals surface area contributed by atoms with Crippen LogP contribution in [0.1, 0.15) is 43.8 Å². The summed E-state index contributed by atoms with van der Waals surface area (Å²) in [5, 5.41) is 4.83. The molecule has 1 unspecified atom stereocenters. The third-order valence-electron chi connectivity index (χ3n) is 4.92. The van der Waals surface area contributed by atoms with Gasteiger partial charge in [0.1, 0.15) is 0 Å². The zero-order valence-corrected chi connectivity index (χ0v) is 15.9. The van der Waals surface area contributed by atoms with Gasteiger partial charge in [-0.2, -0.15) is 13.2 Å². The van der Waals surface area contributed by atoms with Crippen LogP contribution in [0.4, 0.5) is 13.2 Å². The van der Waals surface area contributed by atoms with E-state index in [0.29, 0.717) is 23.9 Å². The number of rotatable bonds is 6. The van der Waals surface area contributed by atoms with Gasteiger partial charge in [0.15, 0.2) is 11.7 Å². The molecule has 1 saturated heterocycles. The molecule has 8 heteroatoms. The van der Waals surface area contributed by atoms with Gasteiger partial charge in [-0.1, -0.05) is 26.7 Å². The normalized spacial score (nSPS) is 19.1. The fourth-order valence-corrected chi connectivity index (χ4v) is 4.29. The van der Waals surface area contributed by atoms with E-state index in [9.17, 15) is 13.2 Å². The highest BCUT2D eigenvalue weighted by atomic mass is 32.1. The van der Waals surface area contributed by atoms with E-state index in [4.69, 9.17) is 0 Å². The second kappa shape index (κ2) is 8.87. The smallest absolute Gasteiger partial charge is 0.356 e. The first-order chi connectivity index (χ1) is 11.9. The molecule has 1 aliphatic heterocycles. The Hall–Kier alpha value is -1.31. The number of likely N-dealkylation sites (tertiary alicyclic amines) is 1. The summed E-state index contributed by atoms with van der Waals surface area (Å²) in [4.78, 5) is 10.2. The van der Waals surface area contributed by atoms with Crippen LogP contribution in [0.25, 0.3) is 0 Å². The number of alkyl halides is 3. The first-order valence-electron chi connectivity index (χ1n) is 8.86. The molecule has 1 N–H and O–H groups in total. The third kappa shape index (κ3) is 5.33. The van der Waals surface area contributed by atoms with Crippen molar-refractivity contribution in [2.45, 2.75) is 45.7 Å². The quantitative estimate of drug-likeness (QED) is 0.602. The second-order valence-electron chi connectivity index (χ2n) is 6.42. The number of guanidine groups is 1. The van der Waals surface area contributed by atoms with E-state index >= 15 is 0 Å². The summed E-state index contributed by atoms with van der Waals surface area (Å²) in [5.74, 6) is 2.28. The molecule has 25 heavy (non-hydrogen) atoms. The minimum atomic E-state index is -4.36. The molecule has 2 rings (SSSR count). The van der Waals surface area contributed by atoms with E-state index in [-0.39, 0.29) is 0 Å². The summed E-state index contributed by atoms with van der Waals surface area (Å²) >= 11 is 1.05. The van der Waals surface area contributed by atoms with E-state index < -0.39 is 11.9 Å². The Balaban J connectivity index is 1.82. The molecular weight excluding hydrogens is 349 g/mol. The summed E-state index contributed by atoms with van der Waals surface area (Å²) in [7, 11) is 1.75. The highest BCUT2D eigenvalue weighted by molar-refractivity contribution is 7.09. The monoisotopic (exact) mass is 376 g/mol. The Labute approximate surface area is 151 Å². The minimum Gasteiger partial charge on any atom is -0.356 e. The summed E-state index contributed by atoms with van der Waals surface area (Å²) in [6.45, 7) is 7.00. The van der Waals surface area contributed by atoms with Crippen molar-refractivity contribution in [3.05, 3.63) is 16.1 Å². The van der Waals surface area contributed by atoms with Crippen LogP contribution in [-0.2, 0) is 12.6 Å². The number of hydrogen-bond donors (Lipinski definition) is 1. The predicted molar refractivity (Wildman–Crippen MR) is 95.9 cm³/mol. The average Bonchev–Trinajstić information content (AvgIpc) is 3.22. The van der Waals surface area contributed by atoms with Gasteiger partial charge >= 0.3 is 6.18 Å². The third-order valence-corrected chi connectivity index (χ3v) is 5.82. The second-order valence-corrected chi connectivity index (χ2v) is 7.36. The first-order valence-corrected chi connectivity index (χ1v) is 9.74. The van der Waals surface area contributed by atoms with Crippen LogP contribution in [0.2, 0.25) is 0 Å². The standard InChI is InChI=1S/C17H27F3N4S/c1-4-12(5-2)13-7-9-24(10-13)16(21-3)22-8-6-15-23-14(11-25-15)17(18,19)20/h11-13H,4-10H2,1-3H3,(H,21,22). The number of nitrogens with one attached hydrogen (secondary N) is 1. The summed E-state index contributed by atoms with van der Waals surface area (Å²) < 4.78 is 37.7. The van der Waals surface area contributed by atoms with Gasteiger partial charge in [-0.15, -0.1) is 11.3 Å². The van der Waals surface area contributed by atoms with Gasteiger partial charge in [-0.3, -0.25) is 4.99 Å². The van der Waals surface area contributed by atoms with E-state index in [1.165, 1.54) is 19.3 Å². The molecule has 1 fully saturated rings. The lowest BCUT2D eigenvalue weighted by Crippen LogP contribution is -2.41. The lowest BCUT2D eigenvalue weighted by molar-refractivity contribution is -0.140. The molecule has 2 heterocycles. The van der Waals surface area contributed by atoms with Gasteiger partial charge in [0.2, 0.25) is 0 Å². The lowest BCUT2D eigenvalue weighted by atomic mass is 9.87. The van der Waals surface area contributed by atoms with Gasteiger partial charge in [0.05, 0.1) is 5.01 Å². The molecule has 1 aromatic rings. The molecule has 0 bridgehead atoms. The van der Waals surface area contributed by atoms with Crippen molar-refractivity contribution in [3.8, 4) is 0 Å². The maximum absolute atomic E-state index is 12.6. The molecule has 142 valence electrons. The molecule has 0 spiro atoms. The number of aliphatic imine (C=N–C) groups is 1. The van der Waals surface area contributed by atoms with Crippen LogP contribution >= 0.6 is 11.3 Å². The Bertz CT molecular complexity index is 566. The molecule has 4 nitrogen and oxygen atoms in total. The average molecular weight is 376 g/mol. The molecule has 0 saturated carbocycles. The fraction of sp³-hybridized carbons (Fsp3) is 0.765. The molecule has 1 aliphatic rings. The predicted octanol–water partition coefficient (Wildman–Crippen LogP) is 4.04. The number of hydrogen-bond acceptors (Lipinski definition) is 3. The van der Waals surface area contributed by atoms with Gasteiger partial charge in [-0.25, -0.2) is 4.98 Å². The van der Waals surface area contributed by atoms with Crippen LogP contribution in [0.3, 0.4) is 0 Å². The van der Waals surface area contributed by atoms with Gasteiger partial charge in [0, 0.05) is 38.5 Å². The van der Waals surface area contributed by atoms with E-state index in [1.807, 2.05) is 0 Å². The zero-order chi connectivity index (χ0) is 18.4. The van der Waals surface area contributed by atoms with Crippen molar-refractivity contribution < 1.29 is 13.2 Å². The van der Waals surface area contributed by atoms with Crippen LogP contribution in [-0.4, -0.2) is 42.5 Å². The summed E-state index contributed by atoms with van der Waals surface area (Å²) in [6, 6.07) is 0. The minimum absolute atomic E-state index is 0.462. The highest BCUT2D eigenvalue weighted by Gasteiger charge is 2.33. The Morgan fingerprint density at radius 1 is 1.44 bits per heavy atom. The van der Waals surface area contributed by atoms with E-state index in [2.05, 4.69) is 34.0 Å². The number of thiazole rings is 1. The SMILES string of the molecule is CCC(CC)C1CCN(C(=NC)NCCc2nc(C(F)(F)F)cs2)C1. The van der Waals surface area contributed by atoms with Crippen molar-refractivity contribution in [2.24, 2.45) is 16.8 Å².